The van der Waals surface area contributed by atoms with Gasteiger partial charge >= 0.3 is 5.97 Å². The summed E-state index contributed by atoms with van der Waals surface area (Å²) in [4.78, 5) is 11.9. The van der Waals surface area contributed by atoms with Crippen molar-refractivity contribution in [3.63, 3.8) is 0 Å². The minimum atomic E-state index is -1.54. The minimum absolute atomic E-state index is 0.0212. The standard InChI is InChI=1S/C36H56O13/c1-17-26(38)31(44-4)30(42)32(47-17)46-16-24-27(39)28(40)29(41)33(49-24)48-20-7-10-34(2)19(14-20)5-6-23-22(34)8-11-35(3)21(9-12-36(23,35)43)18-13-25(37)45-15-18/h13,17,19-24,26-33,38-43H,5-12,14-16H2,1-4H3. The van der Waals surface area contributed by atoms with E-state index in [0.717, 1.165) is 63.4 Å². The zero-order chi connectivity index (χ0) is 35.0. The van der Waals surface area contributed by atoms with E-state index in [9.17, 15) is 35.4 Å². The third-order valence-corrected chi connectivity index (χ3v) is 14.4. The van der Waals surface area contributed by atoms with Crippen LogP contribution < -0.4 is 0 Å². The van der Waals surface area contributed by atoms with E-state index in [1.807, 2.05) is 0 Å². The normalized spacial score (nSPS) is 54.4. The Morgan fingerprint density at radius 2 is 1.63 bits per heavy atom. The monoisotopic (exact) mass is 696 g/mol. The van der Waals surface area contributed by atoms with Gasteiger partial charge in [-0.25, -0.2) is 4.79 Å². The van der Waals surface area contributed by atoms with E-state index in [0.29, 0.717) is 18.4 Å². The highest BCUT2D eigenvalue weighted by Crippen LogP contribution is 2.70. The van der Waals surface area contributed by atoms with E-state index < -0.39 is 67.0 Å². The molecule has 7 rings (SSSR count). The second-order valence-electron chi connectivity index (χ2n) is 16.6. The summed E-state index contributed by atoms with van der Waals surface area (Å²) in [6.07, 6.45) is -2.69. The van der Waals surface area contributed by atoms with Crippen molar-refractivity contribution in [2.24, 2.45) is 34.5 Å². The first-order valence-corrected chi connectivity index (χ1v) is 18.3. The molecule has 6 fully saturated rings. The Morgan fingerprint density at radius 3 is 2.35 bits per heavy atom. The van der Waals surface area contributed by atoms with E-state index in [-0.39, 0.29) is 41.3 Å². The van der Waals surface area contributed by atoms with Gasteiger partial charge < -0.3 is 59.1 Å². The molecule has 7 aliphatic rings. The highest BCUT2D eigenvalue weighted by molar-refractivity contribution is 5.85. The first-order valence-electron chi connectivity index (χ1n) is 18.3. The molecule has 3 aliphatic heterocycles. The SMILES string of the molecule is COC1C(O)C(C)OC(OCC2OC(OC3CCC4(C)C(CCC5C4CCC4(C)C(C6=CC(=O)OC6)CCC54O)C3)C(O)C(O)C2O)C1O. The lowest BCUT2D eigenvalue weighted by molar-refractivity contribution is -0.337. The van der Waals surface area contributed by atoms with Gasteiger partial charge in [0.1, 0.15) is 49.3 Å². The molecular weight excluding hydrogens is 640 g/mol. The molecule has 0 amide bonds. The molecule has 13 nitrogen and oxygen atoms in total. The number of hydrogen-bond acceptors (Lipinski definition) is 13. The maximum atomic E-state index is 12.5. The largest absolute Gasteiger partial charge is 0.458 e. The van der Waals surface area contributed by atoms with Crippen LogP contribution in [0.15, 0.2) is 11.6 Å². The van der Waals surface area contributed by atoms with Crippen molar-refractivity contribution >= 4 is 5.97 Å². The van der Waals surface area contributed by atoms with E-state index in [1.165, 1.54) is 7.11 Å². The zero-order valence-corrected chi connectivity index (χ0v) is 29.1. The predicted octanol–water partition coefficient (Wildman–Crippen LogP) is 0.934. The van der Waals surface area contributed by atoms with Gasteiger partial charge in [0.25, 0.3) is 0 Å². The fourth-order valence-electron chi connectivity index (χ4n) is 11.5. The quantitative estimate of drug-likeness (QED) is 0.163. The molecule has 49 heavy (non-hydrogen) atoms. The summed E-state index contributed by atoms with van der Waals surface area (Å²) in [7, 11) is 1.37. The van der Waals surface area contributed by atoms with Crippen molar-refractivity contribution in [3.05, 3.63) is 11.6 Å². The van der Waals surface area contributed by atoms with Crippen LogP contribution in [0.3, 0.4) is 0 Å². The first kappa shape index (κ1) is 36.1. The van der Waals surface area contributed by atoms with Crippen molar-refractivity contribution in [1.29, 1.82) is 0 Å². The summed E-state index contributed by atoms with van der Waals surface area (Å²) < 4.78 is 34.2. The van der Waals surface area contributed by atoms with Gasteiger partial charge in [0, 0.05) is 18.6 Å². The Bertz CT molecular complexity index is 1260. The molecule has 0 bridgehead atoms. The molecule has 0 aromatic heterocycles. The zero-order valence-electron chi connectivity index (χ0n) is 29.1. The summed E-state index contributed by atoms with van der Waals surface area (Å²) in [6, 6.07) is 0. The molecule has 3 heterocycles. The Labute approximate surface area is 287 Å². The van der Waals surface area contributed by atoms with Gasteiger partial charge in [-0.15, -0.1) is 0 Å². The van der Waals surface area contributed by atoms with Gasteiger partial charge in [-0.05, 0) is 99.4 Å². The van der Waals surface area contributed by atoms with Gasteiger partial charge in [0.2, 0.25) is 0 Å². The molecule has 4 aliphatic carbocycles. The van der Waals surface area contributed by atoms with Gasteiger partial charge in [0.05, 0.1) is 24.4 Å². The van der Waals surface area contributed by atoms with Crippen LogP contribution in [0.5, 0.6) is 0 Å². The second-order valence-corrected chi connectivity index (χ2v) is 16.6. The lowest BCUT2D eigenvalue weighted by Gasteiger charge is -2.64. The van der Waals surface area contributed by atoms with Crippen molar-refractivity contribution < 1.29 is 63.9 Å². The van der Waals surface area contributed by atoms with Crippen LogP contribution in [-0.4, -0.2) is 130 Å². The van der Waals surface area contributed by atoms with Crippen LogP contribution in [-0.2, 0) is 33.2 Å². The van der Waals surface area contributed by atoms with Crippen LogP contribution >= 0.6 is 0 Å². The number of carbonyl (C=O) groups excluding carboxylic acids is 1. The van der Waals surface area contributed by atoms with Gasteiger partial charge in [-0.3, -0.25) is 0 Å². The highest BCUT2D eigenvalue weighted by atomic mass is 16.7. The van der Waals surface area contributed by atoms with Crippen LogP contribution in [0.1, 0.15) is 78.6 Å². The van der Waals surface area contributed by atoms with Crippen LogP contribution in [0.2, 0.25) is 0 Å². The molecule has 13 heteroatoms. The summed E-state index contributed by atoms with van der Waals surface area (Å²) >= 11 is 0. The lowest BCUT2D eigenvalue weighted by Crippen LogP contribution is -2.63. The number of aliphatic hydroxyl groups excluding tert-OH is 5. The molecule has 0 radical (unpaired) electrons. The van der Waals surface area contributed by atoms with E-state index in [2.05, 4.69) is 13.8 Å². The van der Waals surface area contributed by atoms with Crippen LogP contribution in [0.25, 0.3) is 0 Å². The Kier molecular flexibility index (Phi) is 9.82. The predicted molar refractivity (Wildman–Crippen MR) is 170 cm³/mol. The molecule has 4 saturated carbocycles. The molecule has 2 saturated heterocycles. The Balaban J connectivity index is 0.982. The third-order valence-electron chi connectivity index (χ3n) is 14.4. The number of cyclic esters (lactones) is 1. The summed E-state index contributed by atoms with van der Waals surface area (Å²) in [6.45, 7) is 6.30. The maximum absolute atomic E-state index is 12.5. The number of carbonyl (C=O) groups is 1. The smallest absolute Gasteiger partial charge is 0.331 e. The van der Waals surface area contributed by atoms with Crippen LogP contribution in [0, 0.1) is 34.5 Å². The Morgan fingerprint density at radius 1 is 0.857 bits per heavy atom. The third kappa shape index (κ3) is 5.83. The van der Waals surface area contributed by atoms with Gasteiger partial charge in [0.15, 0.2) is 12.6 Å². The number of methoxy groups -OCH3 is 1. The number of hydrogen-bond donors (Lipinski definition) is 6. The molecule has 18 atom stereocenters. The Hall–Kier alpha value is -1.23. The highest BCUT2D eigenvalue weighted by Gasteiger charge is 2.68. The van der Waals surface area contributed by atoms with Gasteiger partial charge in [-0.1, -0.05) is 13.8 Å². The maximum Gasteiger partial charge on any atom is 0.331 e. The first-order chi connectivity index (χ1) is 23.2. The molecular formula is C36H56O13. The summed E-state index contributed by atoms with van der Waals surface area (Å²) in [5, 5.41) is 65.7. The van der Waals surface area contributed by atoms with Crippen molar-refractivity contribution in [2.75, 3.05) is 20.3 Å². The summed E-state index contributed by atoms with van der Waals surface area (Å²) in [5.41, 5.74) is -0.0206. The summed E-state index contributed by atoms with van der Waals surface area (Å²) in [5.74, 6) is 0.789. The number of aliphatic hydroxyl groups is 6. The topological polar surface area (TPSA) is 194 Å². The van der Waals surface area contributed by atoms with E-state index in [4.69, 9.17) is 28.4 Å². The fourth-order valence-corrected chi connectivity index (χ4v) is 11.5. The second kappa shape index (κ2) is 13.3. The number of rotatable bonds is 7. The fraction of sp³-hybridized carbons (Fsp3) is 0.917. The van der Waals surface area contributed by atoms with Crippen molar-refractivity contribution in [3.8, 4) is 0 Å². The van der Waals surface area contributed by atoms with Gasteiger partial charge in [-0.2, -0.15) is 0 Å². The average Bonchev–Trinajstić information content (AvgIpc) is 3.62. The number of ether oxygens (including phenoxy) is 6. The lowest BCUT2D eigenvalue weighted by atomic mass is 9.43. The molecule has 278 valence electrons. The van der Waals surface area contributed by atoms with Crippen LogP contribution in [0.4, 0.5) is 0 Å². The molecule has 0 spiro atoms. The number of esters is 1. The minimum Gasteiger partial charge on any atom is -0.458 e. The van der Waals surface area contributed by atoms with E-state index in [1.54, 1.807) is 13.0 Å². The molecule has 0 aromatic rings. The molecule has 18 unspecified atom stereocenters. The van der Waals surface area contributed by atoms with E-state index >= 15 is 0 Å². The average molecular weight is 697 g/mol. The van der Waals surface area contributed by atoms with Crippen molar-refractivity contribution in [1.82, 2.24) is 0 Å². The van der Waals surface area contributed by atoms with Crippen molar-refractivity contribution in [2.45, 2.75) is 152 Å². The molecule has 6 N–H and O–H groups in total. The molecule has 0 aromatic carbocycles. The number of fused-ring (bicyclic) bond motifs is 5.